The van der Waals surface area contributed by atoms with Gasteiger partial charge in [0, 0.05) is 25.9 Å². The molecule has 12 nitrogen and oxygen atoms in total. The largest absolute Gasteiger partial charge is 0.457 e. The quantitative estimate of drug-likeness (QED) is 0.168. The Morgan fingerprint density at radius 2 is 0.804 bits per heavy atom. The average Bonchev–Trinajstić information content (AvgIpc) is 3.12. The molecule has 56 heavy (non-hydrogen) atoms. The van der Waals surface area contributed by atoms with Gasteiger partial charge in [0.1, 0.15) is 46.3 Å². The van der Waals surface area contributed by atoms with Gasteiger partial charge in [-0.3, -0.25) is 9.59 Å². The predicted octanol–water partition coefficient (Wildman–Crippen LogP) is 7.17. The highest BCUT2D eigenvalue weighted by Gasteiger charge is 2.26. The molecule has 0 aliphatic carbocycles. The van der Waals surface area contributed by atoms with Gasteiger partial charge in [-0.1, -0.05) is 48.5 Å². The van der Waals surface area contributed by atoms with Crippen molar-refractivity contribution >= 4 is 24.0 Å². The summed E-state index contributed by atoms with van der Waals surface area (Å²) in [6.07, 6.45) is 0.233. The van der Waals surface area contributed by atoms with E-state index in [-0.39, 0.29) is 24.7 Å². The van der Waals surface area contributed by atoms with E-state index in [0.717, 1.165) is 22.3 Å². The molecular weight excluding hydrogens is 713 g/mol. The number of hydrogen-bond donors (Lipinski definition) is 4. The Balaban J connectivity index is 1.34. The molecule has 0 radical (unpaired) electrons. The number of rotatable bonds is 2. The number of ether oxygens (including phenoxy) is 4. The molecule has 0 saturated heterocycles. The fourth-order valence-electron chi connectivity index (χ4n) is 5.80. The van der Waals surface area contributed by atoms with Crippen molar-refractivity contribution in [3.63, 3.8) is 0 Å². The summed E-state index contributed by atoms with van der Waals surface area (Å²) < 4.78 is 23.0. The Kier molecular flexibility index (Phi) is 13.6. The van der Waals surface area contributed by atoms with Crippen molar-refractivity contribution < 1.29 is 38.1 Å². The summed E-state index contributed by atoms with van der Waals surface area (Å²) in [7, 11) is 0. The maximum absolute atomic E-state index is 13.4. The monoisotopic (exact) mass is 764 g/mol. The van der Waals surface area contributed by atoms with Crippen LogP contribution in [0.1, 0.15) is 63.8 Å². The molecule has 12 heteroatoms. The molecule has 0 aromatic heterocycles. The molecular formula is C44H52N4O8. The van der Waals surface area contributed by atoms with Crippen LogP contribution in [-0.4, -0.2) is 60.4 Å². The lowest BCUT2D eigenvalue weighted by Crippen LogP contribution is -2.49. The van der Waals surface area contributed by atoms with Crippen LogP contribution in [0.3, 0.4) is 0 Å². The summed E-state index contributed by atoms with van der Waals surface area (Å²) in [5.74, 6) is 1.80. The van der Waals surface area contributed by atoms with Crippen LogP contribution in [0.5, 0.6) is 23.0 Å². The van der Waals surface area contributed by atoms with E-state index in [1.807, 2.05) is 97.1 Å². The second kappa shape index (κ2) is 18.5. The first-order chi connectivity index (χ1) is 26.6. The van der Waals surface area contributed by atoms with Crippen LogP contribution in [0.4, 0.5) is 9.59 Å². The molecule has 7 aliphatic heterocycles. The Hall–Kier alpha value is -6.04. The second-order valence-corrected chi connectivity index (χ2v) is 15.7. The van der Waals surface area contributed by atoms with Crippen LogP contribution in [0, 0.1) is 0 Å². The van der Waals surface area contributed by atoms with Crippen molar-refractivity contribution in [2.45, 2.75) is 90.5 Å². The zero-order valence-corrected chi connectivity index (χ0v) is 32.9. The topological polar surface area (TPSA) is 153 Å². The Labute approximate surface area is 328 Å². The molecule has 8 bridgehead atoms. The third-order valence-electron chi connectivity index (χ3n) is 8.49. The molecule has 0 unspecified atom stereocenters. The first-order valence-corrected chi connectivity index (χ1v) is 18.8. The summed E-state index contributed by atoms with van der Waals surface area (Å²) in [6, 6.07) is 28.0. The SMILES string of the molecule is CC(C)(C)OC(=O)N[C@H]1Cc2ccc(cc2)Oc2ccc(cc2)CCNC(=O)[C@H](NC(=O)OC(C)(C)C)Cc2ccc(cc2)Oc2ccc(cc2)CCNC1=O. The number of hydrogen-bond acceptors (Lipinski definition) is 8. The first kappa shape index (κ1) is 41.1. The van der Waals surface area contributed by atoms with E-state index < -0.39 is 35.5 Å². The van der Waals surface area contributed by atoms with Gasteiger partial charge in [-0.15, -0.1) is 0 Å². The van der Waals surface area contributed by atoms with Gasteiger partial charge in [-0.25, -0.2) is 9.59 Å². The summed E-state index contributed by atoms with van der Waals surface area (Å²) in [5.41, 5.74) is 2.15. The Bertz CT molecular complexity index is 1790. The summed E-state index contributed by atoms with van der Waals surface area (Å²) in [4.78, 5) is 52.2. The summed E-state index contributed by atoms with van der Waals surface area (Å²) in [6.45, 7) is 11.3. The van der Waals surface area contributed by atoms with Gasteiger partial charge >= 0.3 is 12.2 Å². The molecule has 0 fully saturated rings. The van der Waals surface area contributed by atoms with E-state index in [1.165, 1.54) is 0 Å². The van der Waals surface area contributed by atoms with E-state index in [2.05, 4.69) is 21.3 Å². The molecule has 7 aliphatic rings. The molecule has 4 N–H and O–H groups in total. The molecule has 4 amide bonds. The van der Waals surface area contributed by atoms with E-state index >= 15 is 0 Å². The zero-order chi connectivity index (χ0) is 40.3. The van der Waals surface area contributed by atoms with Gasteiger partial charge in [0.25, 0.3) is 0 Å². The van der Waals surface area contributed by atoms with Gasteiger partial charge < -0.3 is 40.2 Å². The highest BCUT2D eigenvalue weighted by molar-refractivity contribution is 5.86. The molecule has 7 heterocycles. The van der Waals surface area contributed by atoms with Crippen LogP contribution in [0.2, 0.25) is 0 Å². The second-order valence-electron chi connectivity index (χ2n) is 15.7. The first-order valence-electron chi connectivity index (χ1n) is 18.8. The van der Waals surface area contributed by atoms with Crippen LogP contribution in [0.15, 0.2) is 97.1 Å². The van der Waals surface area contributed by atoms with Crippen LogP contribution in [-0.2, 0) is 44.7 Å². The Morgan fingerprint density at radius 1 is 0.518 bits per heavy atom. The molecule has 0 spiro atoms. The summed E-state index contributed by atoms with van der Waals surface area (Å²) in [5, 5.41) is 11.4. The molecule has 4 aromatic carbocycles. The fourth-order valence-corrected chi connectivity index (χ4v) is 5.80. The van der Waals surface area contributed by atoms with Crippen LogP contribution in [0.25, 0.3) is 0 Å². The fraction of sp³-hybridized carbons (Fsp3) is 0.364. The van der Waals surface area contributed by atoms with Crippen molar-refractivity contribution in [3.05, 3.63) is 119 Å². The highest BCUT2D eigenvalue weighted by atomic mass is 16.6. The average molecular weight is 765 g/mol. The molecule has 296 valence electrons. The van der Waals surface area contributed by atoms with Gasteiger partial charge in [0.2, 0.25) is 11.8 Å². The van der Waals surface area contributed by atoms with Crippen LogP contribution < -0.4 is 30.7 Å². The minimum absolute atomic E-state index is 0.238. The molecule has 4 aromatic rings. The van der Waals surface area contributed by atoms with E-state index in [9.17, 15) is 19.2 Å². The van der Waals surface area contributed by atoms with Crippen molar-refractivity contribution in [2.24, 2.45) is 0 Å². The van der Waals surface area contributed by atoms with Crippen molar-refractivity contribution in [1.29, 1.82) is 0 Å². The van der Waals surface area contributed by atoms with E-state index in [0.29, 0.717) is 48.9 Å². The normalized spacial score (nSPS) is 17.1. The lowest BCUT2D eigenvalue weighted by molar-refractivity contribution is -0.123. The maximum atomic E-state index is 13.4. The van der Waals surface area contributed by atoms with E-state index in [4.69, 9.17) is 18.9 Å². The number of carbonyl (C=O) groups excluding carboxylic acids is 4. The minimum atomic E-state index is -0.872. The van der Waals surface area contributed by atoms with Crippen molar-refractivity contribution in [1.82, 2.24) is 21.3 Å². The third-order valence-corrected chi connectivity index (χ3v) is 8.49. The number of amides is 4. The number of carbonyl (C=O) groups is 4. The number of alkyl carbamates (subject to hydrolysis) is 2. The third kappa shape index (κ3) is 13.7. The van der Waals surface area contributed by atoms with Crippen molar-refractivity contribution in [2.75, 3.05) is 13.1 Å². The predicted molar refractivity (Wildman–Crippen MR) is 213 cm³/mol. The Morgan fingerprint density at radius 3 is 1.09 bits per heavy atom. The zero-order valence-electron chi connectivity index (χ0n) is 32.9. The van der Waals surface area contributed by atoms with Crippen LogP contribution >= 0.6 is 0 Å². The lowest BCUT2D eigenvalue weighted by atomic mass is 10.0. The maximum Gasteiger partial charge on any atom is 0.408 e. The smallest absolute Gasteiger partial charge is 0.408 e. The molecule has 11 rings (SSSR count). The van der Waals surface area contributed by atoms with Crippen molar-refractivity contribution in [3.8, 4) is 23.0 Å². The molecule has 0 saturated carbocycles. The molecule has 2 atom stereocenters. The van der Waals surface area contributed by atoms with Gasteiger partial charge in [-0.05, 0) is 125 Å². The van der Waals surface area contributed by atoms with Gasteiger partial charge in [-0.2, -0.15) is 0 Å². The number of benzene rings is 4. The lowest BCUT2D eigenvalue weighted by Gasteiger charge is -2.23. The van der Waals surface area contributed by atoms with Gasteiger partial charge in [0.05, 0.1) is 0 Å². The highest BCUT2D eigenvalue weighted by Crippen LogP contribution is 2.25. The van der Waals surface area contributed by atoms with E-state index in [1.54, 1.807) is 41.5 Å². The number of nitrogens with one attached hydrogen (secondary N) is 4. The standard InChI is InChI=1S/C44H52N4O8/c1-43(2,3)55-41(51)47-37-27-31-11-19-35(20-12-31)53-33-17-9-30(10-18-33)24-26-46-40(50)38(48-42(52)56-44(4,5)6)28-32-13-21-36(22-14-32)54-34-15-7-29(8-16-34)23-25-45-39(37)49/h7-22,37-38H,23-28H2,1-6H3,(H,45,49)(H,46,50)(H,47,51)(H,48,52)/t37-,38+. The minimum Gasteiger partial charge on any atom is -0.457 e. The summed E-state index contributed by atoms with van der Waals surface area (Å²) >= 11 is 0. The van der Waals surface area contributed by atoms with Gasteiger partial charge in [0.15, 0.2) is 0 Å².